The van der Waals surface area contributed by atoms with Gasteiger partial charge in [0.05, 0.1) is 0 Å². The van der Waals surface area contributed by atoms with E-state index in [1.54, 1.807) is 0 Å². The van der Waals surface area contributed by atoms with Crippen LogP contribution < -0.4 is 11.1 Å². The van der Waals surface area contributed by atoms with Crippen LogP contribution in [0.2, 0.25) is 0 Å². The minimum atomic E-state index is -0.337. The van der Waals surface area contributed by atoms with Gasteiger partial charge in [0.1, 0.15) is 0 Å². The average Bonchev–Trinajstić information content (AvgIpc) is 2.92. The maximum atomic E-state index is 11.5. The molecule has 1 atom stereocenters. The molecule has 0 radical (unpaired) electrons. The number of hydrogen-bond donors (Lipinski definition) is 2. The van der Waals surface area contributed by atoms with Crippen LogP contribution in [0, 0.1) is 0 Å². The van der Waals surface area contributed by atoms with Gasteiger partial charge in [-0.05, 0) is 44.0 Å². The van der Waals surface area contributed by atoms with Crippen LogP contribution in [-0.4, -0.2) is 36.5 Å². The summed E-state index contributed by atoms with van der Waals surface area (Å²) in [6.45, 7) is 6.20. The van der Waals surface area contributed by atoms with Gasteiger partial charge in [-0.15, -0.1) is 0 Å². The van der Waals surface area contributed by atoms with E-state index >= 15 is 0 Å². The third-order valence-corrected chi connectivity index (χ3v) is 3.86. The second-order valence-electron chi connectivity index (χ2n) is 5.55. The molecule has 1 heterocycles. The Kier molecular flexibility index (Phi) is 5.56. The van der Waals surface area contributed by atoms with Crippen molar-refractivity contribution >= 4 is 5.91 Å². The summed E-state index contributed by atoms with van der Waals surface area (Å²) < 4.78 is 0. The Hall–Kier alpha value is -1.39. The van der Waals surface area contributed by atoms with E-state index in [2.05, 4.69) is 17.1 Å². The normalized spacial score (nSPS) is 18.6. The van der Waals surface area contributed by atoms with Crippen LogP contribution in [0.5, 0.6) is 0 Å². The Bertz CT molecular complexity index is 441. The molecule has 2 rings (SSSR count). The molecule has 0 aromatic heterocycles. The van der Waals surface area contributed by atoms with E-state index in [4.69, 9.17) is 5.73 Å². The Morgan fingerprint density at radius 3 is 2.90 bits per heavy atom. The molecule has 1 unspecified atom stereocenters. The summed E-state index contributed by atoms with van der Waals surface area (Å²) in [6, 6.07) is 8.24. The molecule has 1 aliphatic heterocycles. The van der Waals surface area contributed by atoms with Crippen molar-refractivity contribution < 1.29 is 4.79 Å². The monoisotopic (exact) mass is 275 g/mol. The zero-order valence-electron chi connectivity index (χ0n) is 12.3. The third kappa shape index (κ3) is 4.05. The van der Waals surface area contributed by atoms with Crippen LogP contribution in [0.3, 0.4) is 0 Å². The van der Waals surface area contributed by atoms with Crippen LogP contribution in [0.25, 0.3) is 0 Å². The maximum Gasteiger partial charge on any atom is 0.249 e. The van der Waals surface area contributed by atoms with Gasteiger partial charge >= 0.3 is 0 Å². The summed E-state index contributed by atoms with van der Waals surface area (Å²) in [6.07, 6.45) is 3.63. The molecule has 1 saturated heterocycles. The number of nitrogens with one attached hydrogen (secondary N) is 1. The zero-order valence-corrected chi connectivity index (χ0v) is 12.3. The van der Waals surface area contributed by atoms with Gasteiger partial charge in [0.25, 0.3) is 0 Å². The van der Waals surface area contributed by atoms with Gasteiger partial charge in [0.2, 0.25) is 5.91 Å². The highest BCUT2D eigenvalue weighted by molar-refractivity contribution is 5.94. The molecule has 0 spiro atoms. The fraction of sp³-hybridized carbons (Fsp3) is 0.562. The Morgan fingerprint density at radius 2 is 2.25 bits per heavy atom. The van der Waals surface area contributed by atoms with E-state index in [1.165, 1.54) is 12.8 Å². The lowest BCUT2D eigenvalue weighted by atomic mass is 10.1. The standard InChI is InChI=1S/C16H25N3O/c1-2-10-19(12-14-7-5-9-18-14)11-13-6-3-4-8-15(13)16(17)20/h3-4,6,8,14,18H,2,5,7,9-12H2,1H3,(H2,17,20). The number of carbonyl (C=O) groups excluding carboxylic acids is 1. The van der Waals surface area contributed by atoms with E-state index in [-0.39, 0.29) is 5.91 Å². The van der Waals surface area contributed by atoms with Gasteiger partial charge in [0, 0.05) is 24.7 Å². The van der Waals surface area contributed by atoms with Crippen LogP contribution in [0.15, 0.2) is 24.3 Å². The number of amides is 1. The van der Waals surface area contributed by atoms with Crippen molar-refractivity contribution in [2.24, 2.45) is 5.73 Å². The largest absolute Gasteiger partial charge is 0.366 e. The second kappa shape index (κ2) is 7.41. The van der Waals surface area contributed by atoms with Crippen LogP contribution >= 0.6 is 0 Å². The first-order valence-electron chi connectivity index (χ1n) is 7.54. The maximum absolute atomic E-state index is 11.5. The summed E-state index contributed by atoms with van der Waals surface area (Å²) in [5.74, 6) is -0.337. The summed E-state index contributed by atoms with van der Waals surface area (Å²) in [5, 5.41) is 3.54. The van der Waals surface area contributed by atoms with Crippen molar-refractivity contribution in [2.45, 2.75) is 38.8 Å². The predicted molar refractivity (Wildman–Crippen MR) is 81.6 cm³/mol. The van der Waals surface area contributed by atoms with E-state index in [0.29, 0.717) is 11.6 Å². The Balaban J connectivity index is 2.05. The van der Waals surface area contributed by atoms with E-state index in [1.807, 2.05) is 24.3 Å². The van der Waals surface area contributed by atoms with Gasteiger partial charge < -0.3 is 11.1 Å². The SMILES string of the molecule is CCCN(Cc1ccccc1C(N)=O)CC1CCCN1. The topological polar surface area (TPSA) is 58.4 Å². The molecule has 0 aliphatic carbocycles. The number of rotatable bonds is 7. The Labute approximate surface area is 121 Å². The molecular formula is C16H25N3O. The summed E-state index contributed by atoms with van der Waals surface area (Å²) in [7, 11) is 0. The molecule has 1 amide bonds. The van der Waals surface area contributed by atoms with Crippen molar-refractivity contribution in [2.75, 3.05) is 19.6 Å². The molecule has 1 fully saturated rings. The summed E-state index contributed by atoms with van der Waals surface area (Å²) in [5.41, 5.74) is 7.14. The third-order valence-electron chi connectivity index (χ3n) is 3.86. The number of benzene rings is 1. The first-order valence-corrected chi connectivity index (χ1v) is 7.54. The number of hydrogen-bond acceptors (Lipinski definition) is 3. The van der Waals surface area contributed by atoms with Gasteiger partial charge in [-0.2, -0.15) is 0 Å². The molecule has 3 N–H and O–H groups in total. The lowest BCUT2D eigenvalue weighted by Crippen LogP contribution is -2.38. The fourth-order valence-corrected chi connectivity index (χ4v) is 2.91. The number of nitrogens with two attached hydrogens (primary N) is 1. The van der Waals surface area contributed by atoms with Gasteiger partial charge in [0.15, 0.2) is 0 Å². The summed E-state index contributed by atoms with van der Waals surface area (Å²) in [4.78, 5) is 13.9. The van der Waals surface area contributed by atoms with Crippen molar-refractivity contribution in [3.05, 3.63) is 35.4 Å². The highest BCUT2D eigenvalue weighted by atomic mass is 16.1. The molecule has 1 aromatic rings. The molecule has 1 aromatic carbocycles. The highest BCUT2D eigenvalue weighted by Crippen LogP contribution is 2.14. The lowest BCUT2D eigenvalue weighted by Gasteiger charge is -2.26. The lowest BCUT2D eigenvalue weighted by molar-refractivity contribution is 0.0998. The molecular weight excluding hydrogens is 250 g/mol. The molecule has 1 aliphatic rings. The first-order chi connectivity index (χ1) is 9.70. The first kappa shape index (κ1) is 15.0. The highest BCUT2D eigenvalue weighted by Gasteiger charge is 2.18. The Morgan fingerprint density at radius 1 is 1.45 bits per heavy atom. The predicted octanol–water partition coefficient (Wildman–Crippen LogP) is 1.75. The quantitative estimate of drug-likeness (QED) is 0.797. The molecule has 0 bridgehead atoms. The molecule has 4 heteroatoms. The number of carbonyl (C=O) groups is 1. The van der Waals surface area contributed by atoms with Gasteiger partial charge in [-0.3, -0.25) is 9.69 Å². The van der Waals surface area contributed by atoms with Crippen molar-refractivity contribution in [3.8, 4) is 0 Å². The van der Waals surface area contributed by atoms with Crippen molar-refractivity contribution in [1.82, 2.24) is 10.2 Å². The van der Waals surface area contributed by atoms with Crippen LogP contribution in [-0.2, 0) is 6.54 Å². The minimum Gasteiger partial charge on any atom is -0.366 e. The van der Waals surface area contributed by atoms with Crippen LogP contribution in [0.4, 0.5) is 0 Å². The summed E-state index contributed by atoms with van der Waals surface area (Å²) >= 11 is 0. The van der Waals surface area contributed by atoms with E-state index in [9.17, 15) is 4.79 Å². The molecule has 20 heavy (non-hydrogen) atoms. The number of nitrogens with zero attached hydrogens (tertiary/aromatic N) is 1. The van der Waals surface area contributed by atoms with Gasteiger partial charge in [-0.25, -0.2) is 0 Å². The smallest absolute Gasteiger partial charge is 0.249 e. The van der Waals surface area contributed by atoms with Crippen molar-refractivity contribution in [3.63, 3.8) is 0 Å². The van der Waals surface area contributed by atoms with Crippen molar-refractivity contribution in [1.29, 1.82) is 0 Å². The molecule has 4 nitrogen and oxygen atoms in total. The van der Waals surface area contributed by atoms with E-state index in [0.717, 1.165) is 38.2 Å². The number of primary amides is 1. The average molecular weight is 275 g/mol. The molecule has 0 saturated carbocycles. The fourth-order valence-electron chi connectivity index (χ4n) is 2.91. The van der Waals surface area contributed by atoms with Gasteiger partial charge in [-0.1, -0.05) is 25.1 Å². The van der Waals surface area contributed by atoms with E-state index < -0.39 is 0 Å². The minimum absolute atomic E-state index is 0.337. The zero-order chi connectivity index (χ0) is 14.4. The second-order valence-corrected chi connectivity index (χ2v) is 5.55. The van der Waals surface area contributed by atoms with Crippen LogP contribution in [0.1, 0.15) is 42.1 Å². The molecule has 110 valence electrons.